The lowest BCUT2D eigenvalue weighted by atomic mass is 10.2. The van der Waals surface area contributed by atoms with E-state index in [1.165, 1.54) is 6.07 Å². The number of anilines is 1. The summed E-state index contributed by atoms with van der Waals surface area (Å²) in [6, 6.07) is 4.66. The molecular formula is C10H5Br2FN6. The van der Waals surface area contributed by atoms with Gasteiger partial charge < -0.3 is 5.73 Å². The number of amidine groups is 1. The Morgan fingerprint density at radius 1 is 1.42 bits per heavy atom. The molecule has 1 aromatic rings. The van der Waals surface area contributed by atoms with Crippen LogP contribution < -0.4 is 11.2 Å². The van der Waals surface area contributed by atoms with Gasteiger partial charge in [-0.1, -0.05) is 0 Å². The third kappa shape index (κ3) is 3.28. The Kier molecular flexibility index (Phi) is 4.98. The van der Waals surface area contributed by atoms with Crippen LogP contribution in [0, 0.1) is 33.9 Å². The molecule has 0 unspecified atom stereocenters. The molecule has 0 bridgehead atoms. The van der Waals surface area contributed by atoms with Crippen molar-refractivity contribution in [1.82, 2.24) is 0 Å². The number of hydrogen-bond donors (Lipinski definition) is 3. The lowest BCUT2D eigenvalue weighted by molar-refractivity contribution is 0.617. The fourth-order valence-electron chi connectivity index (χ4n) is 1.07. The van der Waals surface area contributed by atoms with Crippen LogP contribution in [-0.2, 0) is 0 Å². The number of benzene rings is 1. The quantitative estimate of drug-likeness (QED) is 0.319. The number of hydrazone groups is 1. The van der Waals surface area contributed by atoms with E-state index in [0.29, 0.717) is 4.47 Å². The van der Waals surface area contributed by atoms with E-state index in [1.54, 1.807) is 12.1 Å². The van der Waals surface area contributed by atoms with Gasteiger partial charge in [-0.3, -0.25) is 10.8 Å². The molecule has 0 fully saturated rings. The number of nitrogens with zero attached hydrogens (tertiary/aromatic N) is 3. The van der Waals surface area contributed by atoms with Crippen molar-refractivity contribution in [3.63, 3.8) is 0 Å². The Morgan fingerprint density at radius 2 is 2.05 bits per heavy atom. The fourth-order valence-corrected chi connectivity index (χ4v) is 2.32. The van der Waals surface area contributed by atoms with E-state index in [0.717, 1.165) is 0 Å². The summed E-state index contributed by atoms with van der Waals surface area (Å²) in [7, 11) is 0. The Hall–Kier alpha value is -1.97. The molecule has 0 saturated carbocycles. The summed E-state index contributed by atoms with van der Waals surface area (Å²) in [6.07, 6.45) is 0. The molecule has 0 amide bonds. The predicted molar refractivity (Wildman–Crippen MR) is 75.1 cm³/mol. The molecule has 0 aliphatic carbocycles. The second-order valence-corrected chi connectivity index (χ2v) is 4.82. The molecule has 9 heteroatoms. The zero-order valence-electron chi connectivity index (χ0n) is 9.13. The number of nitrogens with one attached hydrogen (secondary N) is 2. The molecule has 0 atom stereocenters. The molecule has 19 heavy (non-hydrogen) atoms. The number of halogens is 3. The summed E-state index contributed by atoms with van der Waals surface area (Å²) in [4.78, 5) is 0. The first-order valence-corrected chi connectivity index (χ1v) is 6.16. The standard InChI is InChI=1S/C10H5Br2FN6/c11-5-1-6(12)9(4(2-14)8(5)13)19-18-7(3-15)10(16)17/h1,19H,(H3,16,17)/b18-7+. The van der Waals surface area contributed by atoms with Gasteiger partial charge in [0.2, 0.25) is 5.71 Å². The van der Waals surface area contributed by atoms with Gasteiger partial charge in [0.15, 0.2) is 11.7 Å². The van der Waals surface area contributed by atoms with Crippen LogP contribution >= 0.6 is 31.9 Å². The third-order valence-corrected chi connectivity index (χ3v) is 3.13. The monoisotopic (exact) mass is 386 g/mol. The first kappa shape index (κ1) is 15.1. The lowest BCUT2D eigenvalue weighted by Gasteiger charge is -2.08. The molecule has 0 aliphatic rings. The largest absolute Gasteiger partial charge is 0.382 e. The van der Waals surface area contributed by atoms with E-state index >= 15 is 0 Å². The zero-order valence-corrected chi connectivity index (χ0v) is 12.3. The molecule has 0 radical (unpaired) electrons. The van der Waals surface area contributed by atoms with E-state index in [9.17, 15) is 4.39 Å². The van der Waals surface area contributed by atoms with Gasteiger partial charge in [-0.05, 0) is 37.9 Å². The predicted octanol–water partition coefficient (Wildman–Crippen LogP) is 2.45. The second-order valence-electron chi connectivity index (χ2n) is 3.11. The number of nitrogens with two attached hydrogens (primary N) is 1. The highest BCUT2D eigenvalue weighted by molar-refractivity contribution is 9.11. The molecule has 0 heterocycles. The van der Waals surface area contributed by atoms with E-state index in [4.69, 9.17) is 21.7 Å². The van der Waals surface area contributed by atoms with Crippen LogP contribution in [0.15, 0.2) is 20.1 Å². The van der Waals surface area contributed by atoms with Crippen LogP contribution in [0.5, 0.6) is 0 Å². The molecular weight excluding hydrogens is 383 g/mol. The minimum absolute atomic E-state index is 0.0391. The molecule has 0 saturated heterocycles. The Labute approximate surface area is 124 Å². The molecule has 0 aliphatic heterocycles. The average molecular weight is 388 g/mol. The summed E-state index contributed by atoms with van der Waals surface area (Å²) in [5.41, 5.74) is 6.83. The molecule has 1 aromatic carbocycles. The van der Waals surface area contributed by atoms with Gasteiger partial charge >= 0.3 is 0 Å². The number of hydrogen-bond acceptors (Lipinski definition) is 5. The maximum absolute atomic E-state index is 13.7. The van der Waals surface area contributed by atoms with Crippen molar-refractivity contribution in [2.75, 3.05) is 5.43 Å². The molecule has 96 valence electrons. The zero-order chi connectivity index (χ0) is 14.6. The Morgan fingerprint density at radius 3 is 2.53 bits per heavy atom. The van der Waals surface area contributed by atoms with Gasteiger partial charge in [0.05, 0.1) is 10.2 Å². The lowest BCUT2D eigenvalue weighted by Crippen LogP contribution is -2.22. The van der Waals surface area contributed by atoms with Gasteiger partial charge in [-0.2, -0.15) is 15.6 Å². The SMILES string of the molecule is N#C/C(=N\Nc1c(Br)cc(Br)c(F)c1C#N)C(=N)N. The molecule has 6 nitrogen and oxygen atoms in total. The highest BCUT2D eigenvalue weighted by Gasteiger charge is 2.16. The van der Waals surface area contributed by atoms with Crippen molar-refractivity contribution in [1.29, 1.82) is 15.9 Å². The summed E-state index contributed by atoms with van der Waals surface area (Å²) in [5, 5.41) is 28.2. The van der Waals surface area contributed by atoms with E-state index in [-0.39, 0.29) is 21.4 Å². The van der Waals surface area contributed by atoms with Crippen molar-refractivity contribution in [3.8, 4) is 12.1 Å². The summed E-state index contributed by atoms with van der Waals surface area (Å²) >= 11 is 6.10. The minimum Gasteiger partial charge on any atom is -0.382 e. The number of nitriles is 2. The van der Waals surface area contributed by atoms with Crippen molar-refractivity contribution in [2.45, 2.75) is 0 Å². The van der Waals surface area contributed by atoms with Gasteiger partial charge in [0, 0.05) is 4.47 Å². The highest BCUT2D eigenvalue weighted by Crippen LogP contribution is 2.33. The molecule has 0 aromatic heterocycles. The van der Waals surface area contributed by atoms with Crippen molar-refractivity contribution in [2.24, 2.45) is 10.8 Å². The van der Waals surface area contributed by atoms with Crippen LogP contribution in [-0.4, -0.2) is 11.5 Å². The second kappa shape index (κ2) is 6.27. The van der Waals surface area contributed by atoms with Crippen LogP contribution in [0.3, 0.4) is 0 Å². The van der Waals surface area contributed by atoms with Gasteiger partial charge in [-0.15, -0.1) is 0 Å². The topological polar surface area (TPSA) is 122 Å². The van der Waals surface area contributed by atoms with Gasteiger partial charge in [-0.25, -0.2) is 4.39 Å². The fraction of sp³-hybridized carbons (Fsp3) is 0. The normalized spacial score (nSPS) is 10.5. The maximum Gasteiger partial charge on any atom is 0.201 e. The highest BCUT2D eigenvalue weighted by atomic mass is 79.9. The van der Waals surface area contributed by atoms with Crippen molar-refractivity contribution >= 4 is 49.1 Å². The summed E-state index contributed by atoms with van der Waals surface area (Å²) in [6.45, 7) is 0. The van der Waals surface area contributed by atoms with Crippen molar-refractivity contribution < 1.29 is 4.39 Å². The summed E-state index contributed by atoms with van der Waals surface area (Å²) in [5.74, 6) is -1.30. The van der Waals surface area contributed by atoms with Crippen molar-refractivity contribution in [3.05, 3.63) is 26.4 Å². The molecule has 1 rings (SSSR count). The van der Waals surface area contributed by atoms with Crippen LogP contribution in [0.25, 0.3) is 0 Å². The van der Waals surface area contributed by atoms with Gasteiger partial charge in [0.25, 0.3) is 0 Å². The Balaban J connectivity index is 3.31. The van der Waals surface area contributed by atoms with Crippen LogP contribution in [0.2, 0.25) is 0 Å². The average Bonchev–Trinajstić information content (AvgIpc) is 2.35. The van der Waals surface area contributed by atoms with E-state index in [1.807, 2.05) is 0 Å². The first-order chi connectivity index (χ1) is 8.92. The van der Waals surface area contributed by atoms with Crippen LogP contribution in [0.4, 0.5) is 10.1 Å². The van der Waals surface area contributed by atoms with Crippen LogP contribution in [0.1, 0.15) is 5.56 Å². The first-order valence-electron chi connectivity index (χ1n) is 4.58. The third-order valence-electron chi connectivity index (χ3n) is 1.92. The molecule has 0 spiro atoms. The smallest absolute Gasteiger partial charge is 0.201 e. The summed E-state index contributed by atoms with van der Waals surface area (Å²) < 4.78 is 14.2. The van der Waals surface area contributed by atoms with E-state index in [2.05, 4.69) is 42.4 Å². The van der Waals surface area contributed by atoms with Gasteiger partial charge in [0.1, 0.15) is 17.7 Å². The Bertz CT molecular complexity index is 655. The minimum atomic E-state index is -0.760. The molecule has 4 N–H and O–H groups in total. The van der Waals surface area contributed by atoms with E-state index < -0.39 is 11.7 Å². The number of rotatable bonds is 3. The maximum atomic E-state index is 13.7.